The van der Waals surface area contributed by atoms with Crippen LogP contribution in [0.2, 0.25) is 0 Å². The molecule has 0 fully saturated rings. The zero-order valence-corrected chi connectivity index (χ0v) is 32.5. The SMILES string of the molecule is CCCCCCCOc1ccc(-c2cnc(-c3ccc(C[C@H](NC(=O)c4ccc(C(C)(C)C)s4)C(=O)N[C@@H](Cc4cn(C)cn4)C(=O)O)cc3)nc2)cc1. The van der Waals surface area contributed by atoms with Crippen LogP contribution in [0.15, 0.2) is 85.6 Å². The summed E-state index contributed by atoms with van der Waals surface area (Å²) in [6, 6.07) is 16.8. The molecule has 0 aliphatic carbocycles. The van der Waals surface area contributed by atoms with Crippen LogP contribution in [0.5, 0.6) is 5.75 Å². The normalized spacial score (nSPS) is 12.5. The van der Waals surface area contributed by atoms with E-state index < -0.39 is 29.9 Å². The molecular weight excluding hydrogens is 701 g/mol. The van der Waals surface area contributed by atoms with E-state index in [1.54, 1.807) is 42.6 Å². The number of ether oxygens (including phenoxy) is 1. The van der Waals surface area contributed by atoms with Crippen molar-refractivity contribution in [1.82, 2.24) is 30.2 Å². The van der Waals surface area contributed by atoms with Crippen LogP contribution in [-0.2, 0) is 34.9 Å². The molecule has 0 saturated heterocycles. The number of aryl methyl sites for hydroxylation is 1. The summed E-state index contributed by atoms with van der Waals surface area (Å²) in [5.74, 6) is -0.820. The van der Waals surface area contributed by atoms with Crippen molar-refractivity contribution in [2.45, 2.75) is 90.1 Å². The fraction of sp³-hybridized carbons (Fsp3) is 0.381. The van der Waals surface area contributed by atoms with Crippen molar-refractivity contribution >= 4 is 29.1 Å². The summed E-state index contributed by atoms with van der Waals surface area (Å²) in [5.41, 5.74) is 3.80. The number of carbonyl (C=O) groups excluding carboxylic acids is 2. The maximum atomic E-state index is 13.7. The largest absolute Gasteiger partial charge is 0.494 e. The summed E-state index contributed by atoms with van der Waals surface area (Å²) < 4.78 is 7.61. The lowest BCUT2D eigenvalue weighted by molar-refractivity contribution is -0.142. The molecule has 12 heteroatoms. The summed E-state index contributed by atoms with van der Waals surface area (Å²) in [7, 11) is 1.78. The van der Waals surface area contributed by atoms with Gasteiger partial charge in [0, 0.05) is 54.5 Å². The summed E-state index contributed by atoms with van der Waals surface area (Å²) in [6.45, 7) is 9.13. The Hall–Kier alpha value is -5.36. The third-order valence-electron chi connectivity index (χ3n) is 8.99. The van der Waals surface area contributed by atoms with Crippen molar-refractivity contribution in [1.29, 1.82) is 0 Å². The standard InChI is InChI=1S/C42H50N6O5S/c1-6-7-8-9-10-21-53-33-17-15-29(16-18-33)31-24-43-38(44-25-31)30-13-11-28(12-14-30)22-34(46-40(50)36-19-20-37(54-36)42(2,3)4)39(49)47-35(41(51)52)23-32-26-48(5)27-45-32/h11-20,24-27,34-35H,6-10,21-23H2,1-5H3,(H,46,50)(H,47,49)(H,51,52)/t34-,35-/m0/s1. The molecule has 5 rings (SSSR count). The maximum absolute atomic E-state index is 13.7. The van der Waals surface area contributed by atoms with Crippen LogP contribution < -0.4 is 15.4 Å². The van der Waals surface area contributed by atoms with Gasteiger partial charge < -0.3 is 25.0 Å². The first-order chi connectivity index (χ1) is 25.9. The van der Waals surface area contributed by atoms with Crippen LogP contribution in [0.3, 0.4) is 0 Å². The van der Waals surface area contributed by atoms with Gasteiger partial charge in [-0.3, -0.25) is 9.59 Å². The van der Waals surface area contributed by atoms with Crippen molar-refractivity contribution in [2.75, 3.05) is 6.61 Å². The zero-order valence-electron chi connectivity index (χ0n) is 31.7. The van der Waals surface area contributed by atoms with Crippen molar-refractivity contribution in [3.8, 4) is 28.3 Å². The highest BCUT2D eigenvalue weighted by Gasteiger charge is 2.29. The number of carbonyl (C=O) groups is 3. The Kier molecular flexibility index (Phi) is 13.7. The highest BCUT2D eigenvalue weighted by atomic mass is 32.1. The van der Waals surface area contributed by atoms with Crippen molar-refractivity contribution in [3.63, 3.8) is 0 Å². The second-order valence-electron chi connectivity index (χ2n) is 14.6. The number of thiophene rings is 1. The number of hydrogen-bond acceptors (Lipinski definition) is 8. The van der Waals surface area contributed by atoms with E-state index >= 15 is 0 Å². The Labute approximate surface area is 321 Å². The maximum Gasteiger partial charge on any atom is 0.326 e. The number of aliphatic carboxylic acids is 1. The number of benzene rings is 2. The number of carboxylic acid groups (broad SMARTS) is 1. The molecule has 0 saturated carbocycles. The van der Waals surface area contributed by atoms with Gasteiger partial charge in [0.25, 0.3) is 5.91 Å². The predicted molar refractivity (Wildman–Crippen MR) is 212 cm³/mol. The number of unbranched alkanes of at least 4 members (excludes halogenated alkanes) is 4. The summed E-state index contributed by atoms with van der Waals surface area (Å²) in [4.78, 5) is 54.2. The fourth-order valence-electron chi connectivity index (χ4n) is 5.85. The highest BCUT2D eigenvalue weighted by molar-refractivity contribution is 7.14. The Morgan fingerprint density at radius 3 is 2.11 bits per heavy atom. The van der Waals surface area contributed by atoms with Gasteiger partial charge in [0.15, 0.2) is 5.82 Å². The topological polar surface area (TPSA) is 148 Å². The molecule has 0 radical (unpaired) electrons. The van der Waals surface area contributed by atoms with Gasteiger partial charge in [-0.25, -0.2) is 19.7 Å². The second kappa shape index (κ2) is 18.6. The highest BCUT2D eigenvalue weighted by Crippen LogP contribution is 2.30. The second-order valence-corrected chi connectivity index (χ2v) is 15.6. The van der Waals surface area contributed by atoms with Gasteiger partial charge in [0.1, 0.15) is 17.8 Å². The van der Waals surface area contributed by atoms with Gasteiger partial charge >= 0.3 is 5.97 Å². The average molecular weight is 751 g/mol. The molecular formula is C42H50N6O5S. The van der Waals surface area contributed by atoms with E-state index in [0.717, 1.165) is 39.3 Å². The third-order valence-corrected chi connectivity index (χ3v) is 10.5. The van der Waals surface area contributed by atoms with Crippen molar-refractivity contribution in [2.24, 2.45) is 7.05 Å². The Bertz CT molecular complexity index is 1980. The summed E-state index contributed by atoms with van der Waals surface area (Å²) >= 11 is 1.37. The fourth-order valence-corrected chi connectivity index (χ4v) is 6.81. The predicted octanol–water partition coefficient (Wildman–Crippen LogP) is 7.41. The molecule has 0 bridgehead atoms. The smallest absolute Gasteiger partial charge is 0.326 e. The molecule has 0 aliphatic heterocycles. The van der Waals surface area contributed by atoms with Crippen molar-refractivity contribution < 1.29 is 24.2 Å². The van der Waals surface area contributed by atoms with Gasteiger partial charge in [0.2, 0.25) is 5.91 Å². The first-order valence-electron chi connectivity index (χ1n) is 18.5. The Morgan fingerprint density at radius 2 is 1.50 bits per heavy atom. The zero-order chi connectivity index (χ0) is 38.7. The quantitative estimate of drug-likeness (QED) is 0.0785. The lowest BCUT2D eigenvalue weighted by Crippen LogP contribution is -2.53. The number of nitrogens with one attached hydrogen (secondary N) is 2. The summed E-state index contributed by atoms with van der Waals surface area (Å²) in [6.07, 6.45) is 13.0. The molecule has 2 atom stereocenters. The molecule has 11 nitrogen and oxygen atoms in total. The monoisotopic (exact) mass is 750 g/mol. The van der Waals surface area contributed by atoms with Crippen molar-refractivity contribution in [3.05, 3.63) is 107 Å². The minimum Gasteiger partial charge on any atom is -0.494 e. The lowest BCUT2D eigenvalue weighted by Gasteiger charge is -2.21. The molecule has 0 aliphatic rings. The first kappa shape index (κ1) is 39.8. The van der Waals surface area contributed by atoms with Crippen LogP contribution in [-0.4, -0.2) is 61.1 Å². The van der Waals surface area contributed by atoms with Gasteiger partial charge in [-0.15, -0.1) is 11.3 Å². The molecule has 3 aromatic heterocycles. The molecule has 3 N–H and O–H groups in total. The van der Waals surface area contributed by atoms with Gasteiger partial charge in [-0.1, -0.05) is 89.8 Å². The van der Waals surface area contributed by atoms with Gasteiger partial charge in [-0.05, 0) is 47.2 Å². The van der Waals surface area contributed by atoms with E-state index in [2.05, 4.69) is 53.3 Å². The number of amides is 2. The molecule has 2 amide bonds. The number of aromatic nitrogens is 4. The van der Waals surface area contributed by atoms with E-state index in [1.165, 1.54) is 37.0 Å². The van der Waals surface area contributed by atoms with Gasteiger partial charge in [-0.2, -0.15) is 0 Å². The van der Waals surface area contributed by atoms with Crippen LogP contribution in [0.25, 0.3) is 22.5 Å². The van der Waals surface area contributed by atoms with Crippen LogP contribution in [0.4, 0.5) is 0 Å². The Morgan fingerprint density at radius 1 is 0.815 bits per heavy atom. The van der Waals surface area contributed by atoms with Crippen LogP contribution in [0, 0.1) is 0 Å². The molecule has 5 aromatic rings. The minimum absolute atomic E-state index is 0.00505. The first-order valence-corrected chi connectivity index (χ1v) is 19.3. The minimum atomic E-state index is -1.24. The molecule has 54 heavy (non-hydrogen) atoms. The molecule has 284 valence electrons. The number of rotatable bonds is 18. The van der Waals surface area contributed by atoms with E-state index in [-0.39, 0.29) is 18.3 Å². The molecule has 0 spiro atoms. The molecule has 0 unspecified atom stereocenters. The number of carboxylic acids is 1. The van der Waals surface area contributed by atoms with E-state index in [4.69, 9.17) is 4.74 Å². The van der Waals surface area contributed by atoms with E-state index in [0.29, 0.717) is 23.0 Å². The van der Waals surface area contributed by atoms with E-state index in [9.17, 15) is 19.5 Å². The summed E-state index contributed by atoms with van der Waals surface area (Å²) in [5, 5.41) is 15.4. The van der Waals surface area contributed by atoms with Crippen LogP contribution in [0.1, 0.15) is 85.6 Å². The number of nitrogens with zero attached hydrogens (tertiary/aromatic N) is 4. The van der Waals surface area contributed by atoms with Gasteiger partial charge in [0.05, 0.1) is 23.5 Å². The Balaban J connectivity index is 1.26. The van der Waals surface area contributed by atoms with E-state index in [1.807, 2.05) is 54.6 Å². The third kappa shape index (κ3) is 11.3. The number of hydrogen-bond donors (Lipinski definition) is 3. The average Bonchev–Trinajstić information content (AvgIpc) is 3.83. The molecule has 2 aromatic carbocycles. The molecule has 3 heterocycles. The van der Waals surface area contributed by atoms with Crippen LogP contribution >= 0.6 is 11.3 Å². The lowest BCUT2D eigenvalue weighted by atomic mass is 9.95. The number of imidazole rings is 1.